The lowest BCUT2D eigenvalue weighted by molar-refractivity contribution is -0.128. The van der Waals surface area contributed by atoms with E-state index in [9.17, 15) is 14.4 Å². The molecule has 7 nitrogen and oxygen atoms in total. The van der Waals surface area contributed by atoms with E-state index in [1.807, 2.05) is 0 Å². The van der Waals surface area contributed by atoms with E-state index in [2.05, 4.69) is 22.9 Å². The Bertz CT molecular complexity index is 871. The maximum atomic E-state index is 12.6. The van der Waals surface area contributed by atoms with Crippen molar-refractivity contribution in [3.63, 3.8) is 0 Å². The summed E-state index contributed by atoms with van der Waals surface area (Å²) in [4.78, 5) is 37.1. The number of carbonyl (C=O) groups is 2. The van der Waals surface area contributed by atoms with Gasteiger partial charge in [0, 0.05) is 17.8 Å². The molecule has 0 unspecified atom stereocenters. The van der Waals surface area contributed by atoms with Crippen LogP contribution in [0.5, 0.6) is 0 Å². The van der Waals surface area contributed by atoms with E-state index in [0.29, 0.717) is 17.3 Å². The van der Waals surface area contributed by atoms with Gasteiger partial charge in [0.05, 0.1) is 5.39 Å². The molecule has 2 aromatic rings. The van der Waals surface area contributed by atoms with Gasteiger partial charge in [-0.2, -0.15) is 5.10 Å². The summed E-state index contributed by atoms with van der Waals surface area (Å²) in [6, 6.07) is 6.91. The number of benzene rings is 1. The van der Waals surface area contributed by atoms with Crippen molar-refractivity contribution in [3.05, 3.63) is 40.3 Å². The molecule has 3 rings (SSSR count). The van der Waals surface area contributed by atoms with Crippen molar-refractivity contribution in [1.29, 1.82) is 0 Å². The highest BCUT2D eigenvalue weighted by Gasteiger charge is 2.26. The van der Waals surface area contributed by atoms with E-state index >= 15 is 0 Å². The molecule has 1 aliphatic rings. The molecule has 0 bridgehead atoms. The standard InChI is InChI=1S/C19H24N4O3/c1-2-3-6-12-23-19(26)15-11-5-4-10-14(15)16(22-23)18(25)21-20-17(24)13-8-7-9-13/h4-5,10-11,13H,2-3,6-9,12H2,1H3,(H,20,24)(H,21,25). The highest BCUT2D eigenvalue weighted by Crippen LogP contribution is 2.25. The Morgan fingerprint density at radius 1 is 1.15 bits per heavy atom. The maximum Gasteiger partial charge on any atom is 0.290 e. The third kappa shape index (κ3) is 3.76. The largest absolute Gasteiger partial charge is 0.290 e. The summed E-state index contributed by atoms with van der Waals surface area (Å²) in [6.07, 6.45) is 5.58. The number of nitrogens with one attached hydrogen (secondary N) is 2. The van der Waals surface area contributed by atoms with Crippen LogP contribution in [0, 0.1) is 5.92 Å². The summed E-state index contributed by atoms with van der Waals surface area (Å²) in [6.45, 7) is 2.55. The van der Waals surface area contributed by atoms with Gasteiger partial charge in [0.15, 0.2) is 5.69 Å². The van der Waals surface area contributed by atoms with E-state index in [-0.39, 0.29) is 23.1 Å². The monoisotopic (exact) mass is 356 g/mol. The van der Waals surface area contributed by atoms with Gasteiger partial charge in [-0.1, -0.05) is 44.4 Å². The molecule has 1 fully saturated rings. The molecular weight excluding hydrogens is 332 g/mol. The summed E-state index contributed by atoms with van der Waals surface area (Å²) >= 11 is 0. The third-order valence-electron chi connectivity index (χ3n) is 4.83. The van der Waals surface area contributed by atoms with Gasteiger partial charge >= 0.3 is 0 Å². The van der Waals surface area contributed by atoms with Crippen LogP contribution in [0.3, 0.4) is 0 Å². The predicted molar refractivity (Wildman–Crippen MR) is 98.5 cm³/mol. The maximum absolute atomic E-state index is 12.6. The zero-order chi connectivity index (χ0) is 18.5. The van der Waals surface area contributed by atoms with Crippen molar-refractivity contribution in [1.82, 2.24) is 20.6 Å². The van der Waals surface area contributed by atoms with Gasteiger partial charge in [0.2, 0.25) is 5.91 Å². The first-order valence-corrected chi connectivity index (χ1v) is 9.22. The molecule has 1 saturated carbocycles. The molecule has 2 amide bonds. The minimum absolute atomic E-state index is 0.0250. The Hall–Kier alpha value is -2.70. The lowest BCUT2D eigenvalue weighted by Crippen LogP contribution is -2.46. The zero-order valence-corrected chi connectivity index (χ0v) is 15.0. The summed E-state index contributed by atoms with van der Waals surface area (Å²) in [7, 11) is 0. The molecule has 0 spiro atoms. The molecule has 1 aromatic heterocycles. The quantitative estimate of drug-likeness (QED) is 0.613. The molecule has 1 aromatic carbocycles. The minimum Gasteiger partial charge on any atom is -0.273 e. The number of carbonyl (C=O) groups excluding carboxylic acids is 2. The summed E-state index contributed by atoms with van der Waals surface area (Å²) in [5.74, 6) is -0.716. The highest BCUT2D eigenvalue weighted by atomic mass is 16.2. The van der Waals surface area contributed by atoms with Gasteiger partial charge in [0.25, 0.3) is 11.5 Å². The molecular formula is C19H24N4O3. The Morgan fingerprint density at radius 3 is 2.54 bits per heavy atom. The van der Waals surface area contributed by atoms with Crippen LogP contribution in [0.15, 0.2) is 29.1 Å². The van der Waals surface area contributed by atoms with Gasteiger partial charge in [-0.25, -0.2) is 4.68 Å². The van der Waals surface area contributed by atoms with Crippen LogP contribution < -0.4 is 16.4 Å². The number of nitrogens with zero attached hydrogens (tertiary/aromatic N) is 2. The van der Waals surface area contributed by atoms with Crippen LogP contribution in [-0.4, -0.2) is 21.6 Å². The van der Waals surface area contributed by atoms with Crippen LogP contribution in [-0.2, 0) is 11.3 Å². The molecule has 26 heavy (non-hydrogen) atoms. The number of hydrogen-bond acceptors (Lipinski definition) is 4. The lowest BCUT2D eigenvalue weighted by Gasteiger charge is -2.24. The van der Waals surface area contributed by atoms with Crippen molar-refractivity contribution in [2.24, 2.45) is 5.92 Å². The summed E-state index contributed by atoms with van der Waals surface area (Å²) in [5.41, 5.74) is 4.85. The first-order valence-electron chi connectivity index (χ1n) is 9.22. The van der Waals surface area contributed by atoms with Crippen molar-refractivity contribution >= 4 is 22.6 Å². The first-order chi connectivity index (χ1) is 12.6. The van der Waals surface area contributed by atoms with Gasteiger partial charge in [-0.3, -0.25) is 25.2 Å². The number of aromatic nitrogens is 2. The van der Waals surface area contributed by atoms with E-state index in [1.54, 1.807) is 24.3 Å². The first kappa shape index (κ1) is 18.1. The second-order valence-corrected chi connectivity index (χ2v) is 6.70. The molecule has 2 N–H and O–H groups in total. The van der Waals surface area contributed by atoms with E-state index in [1.165, 1.54) is 4.68 Å². The third-order valence-corrected chi connectivity index (χ3v) is 4.83. The Labute approximate surface area is 151 Å². The van der Waals surface area contributed by atoms with Crippen LogP contribution >= 0.6 is 0 Å². The molecule has 1 aliphatic carbocycles. The fourth-order valence-electron chi connectivity index (χ4n) is 3.02. The number of hydrogen-bond donors (Lipinski definition) is 2. The molecule has 1 heterocycles. The average Bonchev–Trinajstić information content (AvgIpc) is 2.60. The fraction of sp³-hybridized carbons (Fsp3) is 0.474. The topological polar surface area (TPSA) is 93.1 Å². The van der Waals surface area contributed by atoms with Crippen molar-refractivity contribution in [3.8, 4) is 0 Å². The van der Waals surface area contributed by atoms with Crippen molar-refractivity contribution in [2.45, 2.75) is 52.0 Å². The van der Waals surface area contributed by atoms with Crippen LogP contribution in [0.2, 0.25) is 0 Å². The normalized spacial score (nSPS) is 14.0. The highest BCUT2D eigenvalue weighted by molar-refractivity contribution is 6.05. The van der Waals surface area contributed by atoms with Gasteiger partial charge in [-0.05, 0) is 25.3 Å². The van der Waals surface area contributed by atoms with Crippen LogP contribution in [0.4, 0.5) is 0 Å². The Kier molecular flexibility index (Phi) is 5.65. The van der Waals surface area contributed by atoms with Gasteiger partial charge < -0.3 is 0 Å². The van der Waals surface area contributed by atoms with E-state index in [4.69, 9.17) is 0 Å². The molecule has 138 valence electrons. The second kappa shape index (κ2) is 8.12. The Morgan fingerprint density at radius 2 is 1.88 bits per heavy atom. The van der Waals surface area contributed by atoms with Crippen LogP contribution in [0.25, 0.3) is 10.8 Å². The van der Waals surface area contributed by atoms with Crippen LogP contribution in [0.1, 0.15) is 55.9 Å². The van der Waals surface area contributed by atoms with E-state index in [0.717, 1.165) is 38.5 Å². The Balaban J connectivity index is 1.85. The molecule has 0 aliphatic heterocycles. The summed E-state index contributed by atoms with van der Waals surface area (Å²) < 4.78 is 1.35. The number of unbranched alkanes of at least 4 members (excludes halogenated alkanes) is 2. The number of fused-ring (bicyclic) bond motifs is 1. The molecule has 7 heteroatoms. The summed E-state index contributed by atoms with van der Waals surface area (Å²) in [5, 5.41) is 5.21. The van der Waals surface area contributed by atoms with E-state index < -0.39 is 5.91 Å². The van der Waals surface area contributed by atoms with Crippen molar-refractivity contribution < 1.29 is 9.59 Å². The van der Waals surface area contributed by atoms with Crippen molar-refractivity contribution in [2.75, 3.05) is 0 Å². The zero-order valence-electron chi connectivity index (χ0n) is 15.0. The van der Waals surface area contributed by atoms with Gasteiger partial charge in [-0.15, -0.1) is 0 Å². The number of rotatable bonds is 6. The minimum atomic E-state index is -0.516. The number of aryl methyl sites for hydroxylation is 1. The molecule has 0 atom stereocenters. The lowest BCUT2D eigenvalue weighted by atomic mass is 9.85. The molecule has 0 radical (unpaired) electrons. The second-order valence-electron chi connectivity index (χ2n) is 6.70. The number of hydrazine groups is 1. The predicted octanol–water partition coefficient (Wildman–Crippen LogP) is 2.15. The fourth-order valence-corrected chi connectivity index (χ4v) is 3.02. The smallest absolute Gasteiger partial charge is 0.273 e. The molecule has 0 saturated heterocycles. The SMILES string of the molecule is CCCCCn1nc(C(=O)NNC(=O)C2CCC2)c2ccccc2c1=O. The average molecular weight is 356 g/mol. The number of amides is 2. The van der Waals surface area contributed by atoms with Gasteiger partial charge in [0.1, 0.15) is 0 Å².